The minimum absolute atomic E-state index is 0.0787. The van der Waals surface area contributed by atoms with Crippen molar-refractivity contribution < 1.29 is 13.5 Å². The van der Waals surface area contributed by atoms with Gasteiger partial charge in [-0.3, -0.25) is 0 Å². The third-order valence-electron chi connectivity index (χ3n) is 3.10. The summed E-state index contributed by atoms with van der Waals surface area (Å²) >= 11 is 3.36. The maximum absolute atomic E-state index is 14.2. The third kappa shape index (κ3) is 2.50. The zero-order valence-corrected chi connectivity index (χ0v) is 12.8. The van der Waals surface area contributed by atoms with E-state index in [0.717, 1.165) is 4.48 Å². The maximum atomic E-state index is 14.2. The van der Waals surface area contributed by atoms with E-state index in [1.165, 1.54) is 19.2 Å². The quantitative estimate of drug-likeness (QED) is 0.805. The topological polar surface area (TPSA) is 12.5 Å². The Morgan fingerprint density at radius 3 is 2.35 bits per heavy atom. The van der Waals surface area contributed by atoms with Crippen LogP contribution in [0.2, 0.25) is 0 Å². The summed E-state index contributed by atoms with van der Waals surface area (Å²) in [5, 5.41) is 0. The van der Waals surface area contributed by atoms with Crippen molar-refractivity contribution >= 4 is 21.6 Å². The monoisotopic (exact) mass is 341 g/mol. The molecule has 0 spiro atoms. The molecule has 0 aliphatic carbocycles. The minimum atomic E-state index is -0.661. The van der Waals surface area contributed by atoms with Gasteiger partial charge in [0.1, 0.15) is 17.4 Å². The highest BCUT2D eigenvalue weighted by atomic mass is 79.9. The van der Waals surface area contributed by atoms with Gasteiger partial charge in [-0.05, 0) is 35.0 Å². The first-order chi connectivity index (χ1) is 9.49. The highest BCUT2D eigenvalue weighted by Crippen LogP contribution is 2.36. The molecule has 0 bridgehead atoms. The summed E-state index contributed by atoms with van der Waals surface area (Å²) in [5.74, 6) is -1.17. The van der Waals surface area contributed by atoms with Crippen molar-refractivity contribution in [1.82, 2.24) is 4.90 Å². The van der Waals surface area contributed by atoms with Gasteiger partial charge < -0.3 is 9.64 Å². The van der Waals surface area contributed by atoms with Crippen molar-refractivity contribution in [3.63, 3.8) is 0 Å². The van der Waals surface area contributed by atoms with Crippen LogP contribution in [0.1, 0.15) is 12.5 Å². The number of allylic oxidation sites excluding steroid dienone is 3. The number of methoxy groups -OCH3 is 1. The molecule has 1 aliphatic heterocycles. The van der Waals surface area contributed by atoms with Crippen LogP contribution in [0, 0.1) is 11.6 Å². The maximum Gasteiger partial charge on any atom is 0.139 e. The van der Waals surface area contributed by atoms with Crippen molar-refractivity contribution in [2.45, 2.75) is 6.92 Å². The molecule has 20 heavy (non-hydrogen) atoms. The van der Waals surface area contributed by atoms with Crippen molar-refractivity contribution in [3.05, 3.63) is 58.2 Å². The molecule has 0 saturated carbocycles. The zero-order chi connectivity index (χ0) is 14.9. The lowest BCUT2D eigenvalue weighted by molar-refractivity contribution is 0.405. The normalized spacial score (nSPS) is 15.1. The van der Waals surface area contributed by atoms with E-state index in [4.69, 9.17) is 4.74 Å². The molecule has 1 aromatic rings. The van der Waals surface area contributed by atoms with Crippen LogP contribution in [0.5, 0.6) is 5.75 Å². The molecule has 0 atom stereocenters. The smallest absolute Gasteiger partial charge is 0.139 e. The molecule has 1 aromatic carbocycles. The standard InChI is InChI=1S/C15H14BrF2NO/c1-4-19-9(2)11(16)5-6-14(19)15-12(17)7-10(20-3)8-13(15)18/h5-8H,2,4H2,1,3H3. The Bertz CT molecular complexity index is 599. The molecular formula is C15H14BrF2NO. The molecule has 1 aliphatic rings. The fourth-order valence-electron chi connectivity index (χ4n) is 2.10. The Labute approximate surface area is 125 Å². The predicted octanol–water partition coefficient (Wildman–Crippen LogP) is 4.44. The van der Waals surface area contributed by atoms with E-state index in [9.17, 15) is 8.78 Å². The van der Waals surface area contributed by atoms with E-state index >= 15 is 0 Å². The number of halogens is 3. The third-order valence-corrected chi connectivity index (χ3v) is 3.83. The summed E-state index contributed by atoms with van der Waals surface area (Å²) in [5.41, 5.74) is 1.03. The fourth-order valence-corrected chi connectivity index (χ4v) is 2.45. The van der Waals surface area contributed by atoms with Crippen LogP contribution < -0.4 is 4.74 Å². The molecule has 0 saturated heterocycles. The average molecular weight is 342 g/mol. The summed E-state index contributed by atoms with van der Waals surface area (Å²) < 4.78 is 34.0. The number of hydrogen-bond acceptors (Lipinski definition) is 2. The summed E-state index contributed by atoms with van der Waals surface area (Å²) in [6, 6.07) is 2.34. The van der Waals surface area contributed by atoms with Crippen molar-refractivity contribution in [2.24, 2.45) is 0 Å². The largest absolute Gasteiger partial charge is 0.497 e. The van der Waals surface area contributed by atoms with Gasteiger partial charge in [0.25, 0.3) is 0 Å². The van der Waals surface area contributed by atoms with Crippen molar-refractivity contribution in [3.8, 4) is 5.75 Å². The second-order valence-electron chi connectivity index (χ2n) is 4.22. The lowest BCUT2D eigenvalue weighted by Gasteiger charge is -2.31. The molecule has 0 N–H and O–H groups in total. The summed E-state index contributed by atoms with van der Waals surface area (Å²) in [6.45, 7) is 6.36. The van der Waals surface area contributed by atoms with E-state index in [1.54, 1.807) is 17.1 Å². The Morgan fingerprint density at radius 1 is 1.25 bits per heavy atom. The SMILES string of the molecule is C=C1C(Br)=CC=C(c2c(F)cc(OC)cc2F)N1CC. The van der Waals surface area contributed by atoms with Gasteiger partial charge in [-0.1, -0.05) is 6.58 Å². The second-order valence-corrected chi connectivity index (χ2v) is 5.08. The minimum Gasteiger partial charge on any atom is -0.497 e. The number of hydrogen-bond donors (Lipinski definition) is 0. The van der Waals surface area contributed by atoms with Gasteiger partial charge in [-0.15, -0.1) is 0 Å². The Balaban J connectivity index is 2.58. The van der Waals surface area contributed by atoms with E-state index in [-0.39, 0.29) is 11.3 Å². The van der Waals surface area contributed by atoms with Crippen LogP contribution >= 0.6 is 15.9 Å². The molecule has 106 valence electrons. The number of benzene rings is 1. The number of likely N-dealkylation sites (N-methyl/N-ethyl adjacent to an activating group) is 1. The molecule has 2 nitrogen and oxygen atoms in total. The molecule has 0 unspecified atom stereocenters. The first-order valence-electron chi connectivity index (χ1n) is 6.07. The molecule has 0 aromatic heterocycles. The van der Waals surface area contributed by atoms with Crippen molar-refractivity contribution in [1.29, 1.82) is 0 Å². The average Bonchev–Trinajstić information content (AvgIpc) is 2.42. The van der Waals surface area contributed by atoms with Gasteiger partial charge in [0, 0.05) is 28.9 Å². The van der Waals surface area contributed by atoms with Gasteiger partial charge in [0.2, 0.25) is 0 Å². The fraction of sp³-hybridized carbons (Fsp3) is 0.200. The van der Waals surface area contributed by atoms with Crippen LogP contribution in [-0.4, -0.2) is 18.6 Å². The molecule has 0 fully saturated rings. The molecule has 2 rings (SSSR count). The molecule has 0 amide bonds. The number of nitrogens with zero attached hydrogens (tertiary/aromatic N) is 1. The Morgan fingerprint density at radius 2 is 1.85 bits per heavy atom. The second kappa shape index (κ2) is 5.79. The highest BCUT2D eigenvalue weighted by Gasteiger charge is 2.24. The molecular weight excluding hydrogens is 328 g/mol. The van der Waals surface area contributed by atoms with E-state index < -0.39 is 11.6 Å². The lowest BCUT2D eigenvalue weighted by atomic mass is 10.1. The Hall–Kier alpha value is -1.62. The van der Waals surface area contributed by atoms with Crippen LogP contribution in [-0.2, 0) is 0 Å². The van der Waals surface area contributed by atoms with Gasteiger partial charge in [-0.25, -0.2) is 8.78 Å². The predicted molar refractivity (Wildman–Crippen MR) is 79.4 cm³/mol. The van der Waals surface area contributed by atoms with Crippen LogP contribution in [0.4, 0.5) is 8.78 Å². The van der Waals surface area contributed by atoms with Gasteiger partial charge >= 0.3 is 0 Å². The molecule has 0 radical (unpaired) electrons. The van der Waals surface area contributed by atoms with Crippen LogP contribution in [0.25, 0.3) is 5.70 Å². The van der Waals surface area contributed by atoms with Gasteiger partial charge in [0.15, 0.2) is 0 Å². The number of ether oxygens (including phenoxy) is 1. The highest BCUT2D eigenvalue weighted by molar-refractivity contribution is 9.12. The zero-order valence-electron chi connectivity index (χ0n) is 11.2. The number of rotatable bonds is 3. The van der Waals surface area contributed by atoms with Crippen LogP contribution in [0.15, 0.2) is 41.0 Å². The van der Waals surface area contributed by atoms with E-state index in [2.05, 4.69) is 22.5 Å². The Kier molecular flexibility index (Phi) is 4.28. The van der Waals surface area contributed by atoms with E-state index in [1.807, 2.05) is 6.92 Å². The summed E-state index contributed by atoms with van der Waals surface area (Å²) in [7, 11) is 1.37. The molecule has 5 heteroatoms. The van der Waals surface area contributed by atoms with Gasteiger partial charge in [0.05, 0.1) is 18.4 Å². The van der Waals surface area contributed by atoms with Gasteiger partial charge in [-0.2, -0.15) is 0 Å². The van der Waals surface area contributed by atoms with Crippen LogP contribution in [0.3, 0.4) is 0 Å². The van der Waals surface area contributed by atoms with Crippen molar-refractivity contribution in [2.75, 3.05) is 13.7 Å². The first kappa shape index (κ1) is 14.8. The molecule has 1 heterocycles. The van der Waals surface area contributed by atoms with E-state index in [0.29, 0.717) is 17.9 Å². The summed E-state index contributed by atoms with van der Waals surface area (Å²) in [6.07, 6.45) is 3.39. The summed E-state index contributed by atoms with van der Waals surface area (Å²) in [4.78, 5) is 1.75. The first-order valence-corrected chi connectivity index (χ1v) is 6.86. The lowest BCUT2D eigenvalue weighted by Crippen LogP contribution is -2.24.